The van der Waals surface area contributed by atoms with E-state index in [0.29, 0.717) is 50.5 Å². The number of alkyl carbamates (subject to hydrolysis) is 1. The molecule has 1 unspecified atom stereocenters. The van der Waals surface area contributed by atoms with Gasteiger partial charge in [0.15, 0.2) is 0 Å². The van der Waals surface area contributed by atoms with Crippen LogP contribution in [-0.4, -0.2) is 65.8 Å². The Morgan fingerprint density at radius 2 is 1.70 bits per heavy atom. The molecule has 1 atom stereocenters. The van der Waals surface area contributed by atoms with Gasteiger partial charge in [-0.2, -0.15) is 0 Å². The van der Waals surface area contributed by atoms with E-state index in [0.717, 1.165) is 18.6 Å². The van der Waals surface area contributed by atoms with Crippen LogP contribution in [0.25, 0.3) is 0 Å². The first kappa shape index (κ1) is 25.8. The number of rotatable bonds is 14. The third kappa shape index (κ3) is 10.6. The van der Waals surface area contributed by atoms with Crippen LogP contribution >= 0.6 is 0 Å². The third-order valence-corrected chi connectivity index (χ3v) is 4.57. The molecule has 2 amide bonds. The molecule has 11 nitrogen and oxygen atoms in total. The van der Waals surface area contributed by atoms with Gasteiger partial charge in [-0.05, 0) is 19.3 Å². The van der Waals surface area contributed by atoms with Crippen molar-refractivity contribution in [1.82, 2.24) is 15.4 Å². The number of aromatic nitrogens is 1. The quantitative estimate of drug-likeness (QED) is 0.301. The number of carbonyl (C=O) groups is 3. The molecular formula is C22H31N3O8. The van der Waals surface area contributed by atoms with Gasteiger partial charge in [-0.15, -0.1) is 4.73 Å². The molecule has 1 aliphatic carbocycles. The van der Waals surface area contributed by atoms with Crippen LogP contribution in [0.1, 0.15) is 32.1 Å². The van der Waals surface area contributed by atoms with Crippen molar-refractivity contribution in [2.75, 3.05) is 32.9 Å². The van der Waals surface area contributed by atoms with Crippen molar-refractivity contribution < 1.29 is 38.9 Å². The molecule has 33 heavy (non-hydrogen) atoms. The van der Waals surface area contributed by atoms with E-state index in [1.165, 1.54) is 0 Å². The van der Waals surface area contributed by atoms with E-state index in [1.54, 1.807) is 0 Å². The summed E-state index contributed by atoms with van der Waals surface area (Å²) in [5.74, 6) is -1.71. The fourth-order valence-corrected chi connectivity index (χ4v) is 2.80. The number of allylic oxidation sites excluding steroid dienone is 3. The lowest BCUT2D eigenvalue weighted by molar-refractivity contribution is -0.146. The van der Waals surface area contributed by atoms with Crippen molar-refractivity contribution in [2.45, 2.75) is 32.1 Å². The van der Waals surface area contributed by atoms with E-state index < -0.39 is 23.8 Å². The first-order chi connectivity index (χ1) is 16.0. The largest absolute Gasteiger partial charge is 0.492 e. The van der Waals surface area contributed by atoms with Gasteiger partial charge in [-0.1, -0.05) is 24.3 Å². The first-order valence-corrected chi connectivity index (χ1v) is 10.8. The maximum atomic E-state index is 11.8. The van der Waals surface area contributed by atoms with Crippen LogP contribution in [-0.2, 0) is 19.1 Å². The topological polar surface area (TPSA) is 148 Å². The summed E-state index contributed by atoms with van der Waals surface area (Å²) in [5.41, 5.74) is 0. The summed E-state index contributed by atoms with van der Waals surface area (Å²) in [7, 11) is 0. The van der Waals surface area contributed by atoms with E-state index in [1.807, 2.05) is 24.3 Å². The van der Waals surface area contributed by atoms with Gasteiger partial charge < -0.3 is 35.2 Å². The Morgan fingerprint density at radius 3 is 2.36 bits per heavy atom. The predicted octanol–water partition coefficient (Wildman–Crippen LogP) is 1.41. The monoisotopic (exact) mass is 465 g/mol. The van der Waals surface area contributed by atoms with E-state index in [4.69, 9.17) is 14.3 Å². The molecule has 2 rings (SSSR count). The Morgan fingerprint density at radius 1 is 1.00 bits per heavy atom. The van der Waals surface area contributed by atoms with Gasteiger partial charge in [-0.25, -0.2) is 9.59 Å². The van der Waals surface area contributed by atoms with Gasteiger partial charge in [0.1, 0.15) is 0 Å². The summed E-state index contributed by atoms with van der Waals surface area (Å²) in [4.78, 5) is 39.8. The smallest absolute Gasteiger partial charge is 0.407 e. The second-order valence-corrected chi connectivity index (χ2v) is 7.31. The Hall–Kier alpha value is -3.47. The highest BCUT2D eigenvalue weighted by Crippen LogP contribution is 2.18. The fourth-order valence-electron chi connectivity index (χ4n) is 2.80. The molecule has 0 spiro atoms. The van der Waals surface area contributed by atoms with Gasteiger partial charge in [0.2, 0.25) is 17.7 Å². The third-order valence-electron chi connectivity index (χ3n) is 4.57. The van der Waals surface area contributed by atoms with Gasteiger partial charge in [0, 0.05) is 50.8 Å². The number of aromatic hydroxyl groups is 2. The molecule has 0 fully saturated rings. The summed E-state index contributed by atoms with van der Waals surface area (Å²) in [6.45, 7) is 2.11. The van der Waals surface area contributed by atoms with Crippen molar-refractivity contribution in [1.29, 1.82) is 0 Å². The average Bonchev–Trinajstić information content (AvgIpc) is 3.13. The molecule has 0 saturated carbocycles. The molecule has 0 aromatic carbocycles. The van der Waals surface area contributed by atoms with Gasteiger partial charge in [0.05, 0.1) is 13.0 Å². The number of ether oxygens (including phenoxy) is 2. The highest BCUT2D eigenvalue weighted by Gasteiger charge is 2.13. The Labute approximate surface area is 192 Å². The van der Waals surface area contributed by atoms with E-state index in [9.17, 15) is 24.6 Å². The molecule has 0 radical (unpaired) electrons. The van der Waals surface area contributed by atoms with Gasteiger partial charge >= 0.3 is 12.1 Å². The standard InChI is InChI=1S/C22H31N3O8/c26-18(8-11-21(29)33-25-19(27)9-10-20(25)28)23-12-4-14-31-15-5-13-24-22(30)32-16-17-6-2-1-3-7-17/h1-3,6,9-10,17,27-28H,4-5,7-8,11-16H2,(H,23,26)(H,24,30). The maximum absolute atomic E-state index is 11.8. The molecule has 1 aromatic heterocycles. The fraction of sp³-hybridized carbons (Fsp3) is 0.500. The minimum atomic E-state index is -0.768. The summed E-state index contributed by atoms with van der Waals surface area (Å²) in [6.07, 6.45) is 9.35. The number of amides is 2. The zero-order chi connectivity index (χ0) is 23.9. The normalized spacial score (nSPS) is 14.6. The van der Waals surface area contributed by atoms with Crippen LogP contribution in [0.15, 0.2) is 36.4 Å². The van der Waals surface area contributed by atoms with Gasteiger partial charge in [0.25, 0.3) is 0 Å². The minimum absolute atomic E-state index is 0.0853. The number of nitrogens with one attached hydrogen (secondary N) is 2. The SMILES string of the molecule is O=C(CCC(=O)On1c(O)ccc1O)NCCCOCCCNC(=O)OCC1C=CC=CC1. The van der Waals surface area contributed by atoms with E-state index in [2.05, 4.69) is 10.6 Å². The van der Waals surface area contributed by atoms with Crippen LogP contribution in [0.2, 0.25) is 0 Å². The van der Waals surface area contributed by atoms with Crippen LogP contribution in [0.3, 0.4) is 0 Å². The lowest BCUT2D eigenvalue weighted by Gasteiger charge is -2.13. The second kappa shape index (κ2) is 14.6. The number of hydrogen-bond donors (Lipinski definition) is 4. The lowest BCUT2D eigenvalue weighted by Crippen LogP contribution is -2.28. The van der Waals surface area contributed by atoms with Crippen molar-refractivity contribution in [3.8, 4) is 11.8 Å². The zero-order valence-electron chi connectivity index (χ0n) is 18.4. The maximum Gasteiger partial charge on any atom is 0.407 e. The summed E-state index contributed by atoms with van der Waals surface area (Å²) >= 11 is 0. The Balaban J connectivity index is 1.38. The highest BCUT2D eigenvalue weighted by molar-refractivity contribution is 5.81. The summed E-state index contributed by atoms with van der Waals surface area (Å²) in [5, 5.41) is 24.1. The summed E-state index contributed by atoms with van der Waals surface area (Å²) < 4.78 is 11.2. The minimum Gasteiger partial charge on any atom is -0.492 e. The van der Waals surface area contributed by atoms with Crippen LogP contribution in [0.5, 0.6) is 11.8 Å². The van der Waals surface area contributed by atoms with Crippen molar-refractivity contribution in [3.05, 3.63) is 36.4 Å². The molecule has 1 aliphatic rings. The Bertz CT molecular complexity index is 814. The molecule has 0 saturated heterocycles. The van der Waals surface area contributed by atoms with Crippen molar-refractivity contribution in [3.63, 3.8) is 0 Å². The molecule has 4 N–H and O–H groups in total. The predicted molar refractivity (Wildman–Crippen MR) is 117 cm³/mol. The zero-order valence-corrected chi connectivity index (χ0v) is 18.4. The van der Waals surface area contributed by atoms with Crippen molar-refractivity contribution in [2.24, 2.45) is 5.92 Å². The average molecular weight is 466 g/mol. The Kier molecular flexibility index (Phi) is 11.4. The van der Waals surface area contributed by atoms with Crippen LogP contribution in [0, 0.1) is 5.92 Å². The van der Waals surface area contributed by atoms with Crippen LogP contribution in [0.4, 0.5) is 4.79 Å². The van der Waals surface area contributed by atoms with Gasteiger partial charge in [-0.3, -0.25) is 4.79 Å². The number of hydrogen-bond acceptors (Lipinski definition) is 8. The molecule has 1 heterocycles. The highest BCUT2D eigenvalue weighted by atomic mass is 16.7. The molecule has 0 aliphatic heterocycles. The van der Waals surface area contributed by atoms with Crippen molar-refractivity contribution >= 4 is 18.0 Å². The molecule has 11 heteroatoms. The lowest BCUT2D eigenvalue weighted by atomic mass is 10.0. The molecule has 182 valence electrons. The first-order valence-electron chi connectivity index (χ1n) is 10.8. The summed E-state index contributed by atoms with van der Waals surface area (Å²) in [6, 6.07) is 2.33. The van der Waals surface area contributed by atoms with E-state index >= 15 is 0 Å². The number of nitrogens with zero attached hydrogens (tertiary/aromatic N) is 1. The second-order valence-electron chi connectivity index (χ2n) is 7.31. The molecule has 1 aromatic rings. The van der Waals surface area contributed by atoms with Crippen LogP contribution < -0.4 is 15.5 Å². The number of carbonyl (C=O) groups excluding carboxylic acids is 3. The molecular weight excluding hydrogens is 434 g/mol. The van der Waals surface area contributed by atoms with E-state index in [-0.39, 0.29) is 24.7 Å². The molecule has 0 bridgehead atoms.